The van der Waals surface area contributed by atoms with Crippen LogP contribution < -0.4 is 5.73 Å². The van der Waals surface area contributed by atoms with Crippen LogP contribution in [0.4, 0.5) is 8.78 Å². The number of hydrogen-bond donors (Lipinski definition) is 1. The van der Waals surface area contributed by atoms with Crippen LogP contribution in [0.1, 0.15) is 30.6 Å². The summed E-state index contributed by atoms with van der Waals surface area (Å²) in [5.41, 5.74) is 7.55. The standard InChI is InChI=1S/C14H17F2N3/c1-2-13(17)14-8-18-9-19(14)4-3-10-5-11(15)7-12(16)6-10/h5-9,13H,2-4,17H2,1H3/t13-/m1/s1. The molecule has 5 heteroatoms. The molecule has 2 N–H and O–H groups in total. The van der Waals surface area contributed by atoms with E-state index in [2.05, 4.69) is 4.98 Å². The highest BCUT2D eigenvalue weighted by atomic mass is 19.1. The Balaban J connectivity index is 2.08. The molecule has 1 aromatic carbocycles. The Morgan fingerprint density at radius 3 is 2.58 bits per heavy atom. The molecule has 0 fully saturated rings. The zero-order valence-corrected chi connectivity index (χ0v) is 10.8. The lowest BCUT2D eigenvalue weighted by molar-refractivity contribution is 0.568. The van der Waals surface area contributed by atoms with Crippen LogP contribution >= 0.6 is 0 Å². The van der Waals surface area contributed by atoms with Crippen molar-refractivity contribution < 1.29 is 8.78 Å². The van der Waals surface area contributed by atoms with Gasteiger partial charge in [-0.25, -0.2) is 13.8 Å². The maximum Gasteiger partial charge on any atom is 0.126 e. The third-order valence-electron chi connectivity index (χ3n) is 3.13. The molecule has 3 nitrogen and oxygen atoms in total. The third-order valence-corrected chi connectivity index (χ3v) is 3.13. The Labute approximate surface area is 111 Å². The van der Waals surface area contributed by atoms with E-state index in [-0.39, 0.29) is 6.04 Å². The van der Waals surface area contributed by atoms with Gasteiger partial charge in [-0.1, -0.05) is 6.92 Å². The SMILES string of the molecule is CC[C@@H](N)c1cncn1CCc1cc(F)cc(F)c1. The molecule has 102 valence electrons. The largest absolute Gasteiger partial charge is 0.333 e. The fourth-order valence-corrected chi connectivity index (χ4v) is 2.04. The molecule has 1 heterocycles. The van der Waals surface area contributed by atoms with E-state index in [0.717, 1.165) is 18.2 Å². The number of hydrogen-bond acceptors (Lipinski definition) is 2. The second-order valence-corrected chi connectivity index (χ2v) is 4.55. The Morgan fingerprint density at radius 2 is 1.95 bits per heavy atom. The molecule has 0 saturated carbocycles. The van der Waals surface area contributed by atoms with Gasteiger partial charge in [0.25, 0.3) is 0 Å². The molecule has 0 aliphatic carbocycles. The Hall–Kier alpha value is -1.75. The first kappa shape index (κ1) is 13.7. The molecule has 0 spiro atoms. The quantitative estimate of drug-likeness (QED) is 0.903. The summed E-state index contributed by atoms with van der Waals surface area (Å²) in [7, 11) is 0. The molecule has 0 radical (unpaired) electrons. The molecule has 1 atom stereocenters. The van der Waals surface area contributed by atoms with Gasteiger partial charge in [0.1, 0.15) is 11.6 Å². The summed E-state index contributed by atoms with van der Waals surface area (Å²) in [6.45, 7) is 2.61. The molecule has 0 bridgehead atoms. The topological polar surface area (TPSA) is 43.8 Å². The summed E-state index contributed by atoms with van der Waals surface area (Å²) in [5.74, 6) is -1.10. The van der Waals surface area contributed by atoms with Crippen LogP contribution in [0.15, 0.2) is 30.7 Å². The molecule has 0 unspecified atom stereocenters. The van der Waals surface area contributed by atoms with Gasteiger partial charge in [0, 0.05) is 24.8 Å². The number of benzene rings is 1. The van der Waals surface area contributed by atoms with E-state index in [1.807, 2.05) is 11.5 Å². The molecular formula is C14H17F2N3. The first-order valence-corrected chi connectivity index (χ1v) is 6.30. The lowest BCUT2D eigenvalue weighted by Crippen LogP contribution is -2.15. The van der Waals surface area contributed by atoms with Crippen LogP contribution in [0.3, 0.4) is 0 Å². The van der Waals surface area contributed by atoms with Crippen molar-refractivity contribution in [3.8, 4) is 0 Å². The Bertz CT molecular complexity index is 531. The number of halogens is 2. The molecule has 0 aliphatic heterocycles. The van der Waals surface area contributed by atoms with Crippen LogP contribution in [0.2, 0.25) is 0 Å². The van der Waals surface area contributed by atoms with Crippen molar-refractivity contribution in [2.24, 2.45) is 5.73 Å². The first-order chi connectivity index (χ1) is 9.10. The van der Waals surface area contributed by atoms with E-state index in [1.54, 1.807) is 12.5 Å². The fourth-order valence-electron chi connectivity index (χ4n) is 2.04. The first-order valence-electron chi connectivity index (χ1n) is 6.30. The fraction of sp³-hybridized carbons (Fsp3) is 0.357. The summed E-state index contributed by atoms with van der Waals surface area (Å²) in [6, 6.07) is 3.50. The van der Waals surface area contributed by atoms with Gasteiger partial charge in [-0.15, -0.1) is 0 Å². The van der Waals surface area contributed by atoms with E-state index < -0.39 is 11.6 Å². The number of imidazole rings is 1. The number of aryl methyl sites for hydroxylation is 2. The minimum atomic E-state index is -0.550. The van der Waals surface area contributed by atoms with Gasteiger partial charge in [0.05, 0.1) is 12.0 Å². The van der Waals surface area contributed by atoms with Crippen molar-refractivity contribution in [2.75, 3.05) is 0 Å². The minimum Gasteiger partial charge on any atom is -0.333 e. The average Bonchev–Trinajstić information content (AvgIpc) is 2.82. The molecule has 0 saturated heterocycles. The van der Waals surface area contributed by atoms with Crippen LogP contribution in [-0.2, 0) is 13.0 Å². The molecule has 0 amide bonds. The van der Waals surface area contributed by atoms with Gasteiger partial charge in [-0.2, -0.15) is 0 Å². The minimum absolute atomic E-state index is 0.0632. The molecule has 0 aliphatic rings. The molecule has 19 heavy (non-hydrogen) atoms. The van der Waals surface area contributed by atoms with Crippen LogP contribution in [0.5, 0.6) is 0 Å². The van der Waals surface area contributed by atoms with Gasteiger partial charge >= 0.3 is 0 Å². The van der Waals surface area contributed by atoms with Crippen LogP contribution in [0.25, 0.3) is 0 Å². The maximum atomic E-state index is 13.1. The van der Waals surface area contributed by atoms with E-state index in [4.69, 9.17) is 5.73 Å². The van der Waals surface area contributed by atoms with Crippen molar-refractivity contribution >= 4 is 0 Å². The van der Waals surface area contributed by atoms with E-state index in [9.17, 15) is 8.78 Å². The number of aromatic nitrogens is 2. The highest BCUT2D eigenvalue weighted by Crippen LogP contribution is 2.15. The molecular weight excluding hydrogens is 248 g/mol. The third kappa shape index (κ3) is 3.38. The highest BCUT2D eigenvalue weighted by Gasteiger charge is 2.09. The highest BCUT2D eigenvalue weighted by molar-refractivity contribution is 5.18. The monoisotopic (exact) mass is 265 g/mol. The number of nitrogens with two attached hydrogens (primary N) is 1. The van der Waals surface area contributed by atoms with Crippen LogP contribution in [-0.4, -0.2) is 9.55 Å². The van der Waals surface area contributed by atoms with Crippen LogP contribution in [0, 0.1) is 11.6 Å². The predicted octanol–water partition coefficient (Wildman–Crippen LogP) is 2.81. The van der Waals surface area contributed by atoms with Gasteiger partial charge < -0.3 is 10.3 Å². The normalized spacial score (nSPS) is 12.6. The molecule has 1 aromatic heterocycles. The van der Waals surface area contributed by atoms with Crippen molar-refractivity contribution in [1.82, 2.24) is 9.55 Å². The van der Waals surface area contributed by atoms with Gasteiger partial charge in [0.15, 0.2) is 0 Å². The zero-order valence-electron chi connectivity index (χ0n) is 10.8. The summed E-state index contributed by atoms with van der Waals surface area (Å²) in [6.07, 6.45) is 4.79. The summed E-state index contributed by atoms with van der Waals surface area (Å²) >= 11 is 0. The van der Waals surface area contributed by atoms with E-state index in [0.29, 0.717) is 18.5 Å². The van der Waals surface area contributed by atoms with Crippen molar-refractivity contribution in [3.05, 3.63) is 53.6 Å². The van der Waals surface area contributed by atoms with E-state index >= 15 is 0 Å². The van der Waals surface area contributed by atoms with Crippen molar-refractivity contribution in [2.45, 2.75) is 32.4 Å². The van der Waals surface area contributed by atoms with Gasteiger partial charge in [-0.05, 0) is 30.5 Å². The lowest BCUT2D eigenvalue weighted by Gasteiger charge is -2.13. The summed E-state index contributed by atoms with van der Waals surface area (Å²) in [4.78, 5) is 4.07. The van der Waals surface area contributed by atoms with Gasteiger partial charge in [0.2, 0.25) is 0 Å². The lowest BCUT2D eigenvalue weighted by atomic mass is 10.1. The summed E-state index contributed by atoms with van der Waals surface area (Å²) < 4.78 is 28.1. The van der Waals surface area contributed by atoms with Crippen molar-refractivity contribution in [1.29, 1.82) is 0 Å². The smallest absolute Gasteiger partial charge is 0.126 e. The number of rotatable bonds is 5. The van der Waals surface area contributed by atoms with E-state index in [1.165, 1.54) is 12.1 Å². The van der Waals surface area contributed by atoms with Gasteiger partial charge in [-0.3, -0.25) is 0 Å². The second kappa shape index (κ2) is 5.93. The Morgan fingerprint density at radius 1 is 1.26 bits per heavy atom. The summed E-state index contributed by atoms with van der Waals surface area (Å²) in [5, 5.41) is 0. The maximum absolute atomic E-state index is 13.1. The predicted molar refractivity (Wildman–Crippen MR) is 69.5 cm³/mol. The second-order valence-electron chi connectivity index (χ2n) is 4.55. The van der Waals surface area contributed by atoms with Crippen molar-refractivity contribution in [3.63, 3.8) is 0 Å². The number of nitrogens with zero attached hydrogens (tertiary/aromatic N) is 2. The molecule has 2 rings (SSSR count). The molecule has 2 aromatic rings. The average molecular weight is 265 g/mol. The zero-order chi connectivity index (χ0) is 13.8. The Kier molecular flexibility index (Phi) is 4.27.